The molecule has 1 fully saturated rings. The lowest BCUT2D eigenvalue weighted by Crippen LogP contribution is -2.59. The van der Waals surface area contributed by atoms with E-state index < -0.39 is 0 Å². The Morgan fingerprint density at radius 1 is 1.24 bits per heavy atom. The van der Waals surface area contributed by atoms with Gasteiger partial charge in [0.1, 0.15) is 5.75 Å². The van der Waals surface area contributed by atoms with Crippen LogP contribution in [0.4, 0.5) is 5.69 Å². The van der Waals surface area contributed by atoms with Crippen molar-refractivity contribution < 1.29 is 9.47 Å². The summed E-state index contributed by atoms with van der Waals surface area (Å²) >= 11 is 0. The highest BCUT2D eigenvalue weighted by molar-refractivity contribution is 5.48. The fourth-order valence-corrected chi connectivity index (χ4v) is 3.08. The molecule has 0 aliphatic heterocycles. The second-order valence-corrected chi connectivity index (χ2v) is 6.43. The number of hydrogen-bond donors (Lipinski definition) is 1. The van der Waals surface area contributed by atoms with Gasteiger partial charge in [0.05, 0.1) is 12.2 Å². The average Bonchev–Trinajstić information content (AvgIpc) is 2.46. The molecule has 0 heterocycles. The first-order valence-electron chi connectivity index (χ1n) is 8.14. The van der Waals surface area contributed by atoms with Crippen molar-refractivity contribution >= 4 is 5.69 Å². The molecule has 1 aliphatic carbocycles. The normalized spacial score (nSPS) is 28.3. The predicted molar refractivity (Wildman–Crippen MR) is 88.0 cm³/mol. The van der Waals surface area contributed by atoms with Crippen molar-refractivity contribution in [2.24, 2.45) is 5.41 Å². The van der Waals surface area contributed by atoms with E-state index in [1.54, 1.807) is 0 Å². The first kappa shape index (κ1) is 16.2. The van der Waals surface area contributed by atoms with Crippen LogP contribution in [-0.2, 0) is 4.74 Å². The average molecular weight is 291 g/mol. The molecule has 21 heavy (non-hydrogen) atoms. The molecular formula is C18H29NO2. The fraction of sp³-hybridized carbons (Fsp3) is 0.667. The van der Waals surface area contributed by atoms with Crippen molar-refractivity contribution in [3.05, 3.63) is 24.3 Å². The van der Waals surface area contributed by atoms with E-state index in [4.69, 9.17) is 9.47 Å². The molecule has 118 valence electrons. The van der Waals surface area contributed by atoms with Crippen LogP contribution < -0.4 is 10.1 Å². The standard InChI is InChI=1S/C18H29NO2/c1-6-18(5)16(12-17(18)20-7-2)19-14-8-10-15(11-9-14)21-13(3)4/h8-11,13,16-17,19H,6-7,12H2,1-5H3. The van der Waals surface area contributed by atoms with Crippen LogP contribution in [0.1, 0.15) is 47.5 Å². The van der Waals surface area contributed by atoms with Crippen molar-refractivity contribution in [1.82, 2.24) is 0 Å². The molecule has 3 heteroatoms. The Morgan fingerprint density at radius 3 is 2.43 bits per heavy atom. The Labute approximate surface area is 129 Å². The van der Waals surface area contributed by atoms with Gasteiger partial charge >= 0.3 is 0 Å². The van der Waals surface area contributed by atoms with Gasteiger partial charge in [-0.2, -0.15) is 0 Å². The largest absolute Gasteiger partial charge is 0.491 e. The number of anilines is 1. The van der Waals surface area contributed by atoms with Gasteiger partial charge in [-0.15, -0.1) is 0 Å². The van der Waals surface area contributed by atoms with E-state index in [0.29, 0.717) is 12.1 Å². The number of rotatable bonds is 7. The maximum absolute atomic E-state index is 5.86. The number of ether oxygens (including phenoxy) is 2. The van der Waals surface area contributed by atoms with Gasteiger partial charge in [-0.3, -0.25) is 0 Å². The highest BCUT2D eigenvalue weighted by Crippen LogP contribution is 2.47. The third-order valence-electron chi connectivity index (χ3n) is 4.68. The molecule has 0 aromatic heterocycles. The minimum atomic E-state index is 0.214. The van der Waals surface area contributed by atoms with Gasteiger partial charge in [0.25, 0.3) is 0 Å². The van der Waals surface area contributed by atoms with Crippen LogP contribution in [0.2, 0.25) is 0 Å². The van der Waals surface area contributed by atoms with E-state index in [2.05, 4.69) is 38.2 Å². The molecule has 0 saturated heterocycles. The van der Waals surface area contributed by atoms with E-state index >= 15 is 0 Å². The zero-order chi connectivity index (χ0) is 15.5. The minimum absolute atomic E-state index is 0.214. The lowest BCUT2D eigenvalue weighted by atomic mass is 9.61. The SMILES string of the molecule is CCOC1CC(Nc2ccc(OC(C)C)cc2)C1(C)CC. The molecule has 1 saturated carbocycles. The Morgan fingerprint density at radius 2 is 1.90 bits per heavy atom. The summed E-state index contributed by atoms with van der Waals surface area (Å²) in [5, 5.41) is 3.65. The molecule has 2 rings (SSSR count). The predicted octanol–water partition coefficient (Wildman–Crippen LogP) is 4.48. The molecule has 1 aromatic rings. The van der Waals surface area contributed by atoms with Crippen LogP contribution in [0.25, 0.3) is 0 Å². The van der Waals surface area contributed by atoms with Gasteiger partial charge in [0.2, 0.25) is 0 Å². The Hall–Kier alpha value is -1.22. The molecule has 3 atom stereocenters. The molecule has 1 aromatic carbocycles. The van der Waals surface area contributed by atoms with Crippen molar-refractivity contribution in [3.8, 4) is 5.75 Å². The molecule has 1 aliphatic rings. The lowest BCUT2D eigenvalue weighted by Gasteiger charge is -2.54. The van der Waals surface area contributed by atoms with Crippen molar-refractivity contribution in [3.63, 3.8) is 0 Å². The van der Waals surface area contributed by atoms with Gasteiger partial charge in [-0.25, -0.2) is 0 Å². The van der Waals surface area contributed by atoms with Gasteiger partial charge in [-0.1, -0.05) is 13.8 Å². The summed E-state index contributed by atoms with van der Waals surface area (Å²) in [6.07, 6.45) is 2.81. The van der Waals surface area contributed by atoms with E-state index in [-0.39, 0.29) is 11.5 Å². The molecule has 0 radical (unpaired) electrons. The smallest absolute Gasteiger partial charge is 0.119 e. The van der Waals surface area contributed by atoms with Gasteiger partial charge in [0.15, 0.2) is 0 Å². The third-order valence-corrected chi connectivity index (χ3v) is 4.68. The van der Waals surface area contributed by atoms with E-state index in [0.717, 1.165) is 30.9 Å². The first-order chi connectivity index (χ1) is 9.99. The Bertz CT molecular complexity index is 443. The van der Waals surface area contributed by atoms with Crippen molar-refractivity contribution in [2.45, 2.75) is 65.7 Å². The van der Waals surface area contributed by atoms with Gasteiger partial charge in [-0.05, 0) is 57.9 Å². The molecule has 3 nitrogen and oxygen atoms in total. The summed E-state index contributed by atoms with van der Waals surface area (Å²) in [6, 6.07) is 8.74. The zero-order valence-corrected chi connectivity index (χ0v) is 14.0. The monoisotopic (exact) mass is 291 g/mol. The highest BCUT2D eigenvalue weighted by Gasteiger charge is 2.51. The second-order valence-electron chi connectivity index (χ2n) is 6.43. The summed E-state index contributed by atoms with van der Waals surface area (Å²) in [7, 11) is 0. The summed E-state index contributed by atoms with van der Waals surface area (Å²) in [5.74, 6) is 0.926. The molecule has 0 amide bonds. The van der Waals surface area contributed by atoms with Crippen LogP contribution in [0.5, 0.6) is 5.75 Å². The Kier molecular flexibility index (Phi) is 5.15. The maximum atomic E-state index is 5.86. The van der Waals surface area contributed by atoms with Crippen LogP contribution in [0, 0.1) is 5.41 Å². The van der Waals surface area contributed by atoms with E-state index in [1.165, 1.54) is 0 Å². The zero-order valence-electron chi connectivity index (χ0n) is 14.0. The maximum Gasteiger partial charge on any atom is 0.119 e. The van der Waals surface area contributed by atoms with E-state index in [9.17, 15) is 0 Å². The molecular weight excluding hydrogens is 262 g/mol. The second kappa shape index (κ2) is 6.69. The summed E-state index contributed by atoms with van der Waals surface area (Å²) in [5.41, 5.74) is 1.38. The van der Waals surface area contributed by atoms with Crippen molar-refractivity contribution in [1.29, 1.82) is 0 Å². The van der Waals surface area contributed by atoms with Crippen LogP contribution in [0.15, 0.2) is 24.3 Å². The summed E-state index contributed by atoms with van der Waals surface area (Å²) < 4.78 is 11.5. The van der Waals surface area contributed by atoms with Crippen molar-refractivity contribution in [2.75, 3.05) is 11.9 Å². The fourth-order valence-electron chi connectivity index (χ4n) is 3.08. The number of benzene rings is 1. The first-order valence-corrected chi connectivity index (χ1v) is 8.14. The summed E-state index contributed by atoms with van der Waals surface area (Å²) in [4.78, 5) is 0. The van der Waals surface area contributed by atoms with Crippen LogP contribution in [0.3, 0.4) is 0 Å². The number of nitrogens with one attached hydrogen (secondary N) is 1. The van der Waals surface area contributed by atoms with Gasteiger partial charge < -0.3 is 14.8 Å². The molecule has 0 bridgehead atoms. The Balaban J connectivity index is 1.96. The van der Waals surface area contributed by atoms with E-state index in [1.807, 2.05) is 26.0 Å². The highest BCUT2D eigenvalue weighted by atomic mass is 16.5. The molecule has 3 unspecified atom stereocenters. The molecule has 1 N–H and O–H groups in total. The summed E-state index contributed by atoms with van der Waals surface area (Å²) in [6.45, 7) is 11.5. The van der Waals surface area contributed by atoms with Gasteiger partial charge in [0, 0.05) is 23.8 Å². The molecule has 0 spiro atoms. The minimum Gasteiger partial charge on any atom is -0.491 e. The number of hydrogen-bond acceptors (Lipinski definition) is 3. The van der Waals surface area contributed by atoms with Crippen LogP contribution >= 0.6 is 0 Å². The topological polar surface area (TPSA) is 30.5 Å². The van der Waals surface area contributed by atoms with Crippen LogP contribution in [-0.4, -0.2) is 24.9 Å². The lowest BCUT2D eigenvalue weighted by molar-refractivity contribution is -0.109. The quantitative estimate of drug-likeness (QED) is 0.803. The third kappa shape index (κ3) is 3.52.